The van der Waals surface area contributed by atoms with Gasteiger partial charge in [-0.25, -0.2) is 0 Å². The number of hydrogen-bond acceptors (Lipinski definition) is 3. The van der Waals surface area contributed by atoms with Gasteiger partial charge in [-0.15, -0.1) is 12.4 Å². The topological polar surface area (TPSA) is 45.1 Å². The van der Waals surface area contributed by atoms with Crippen molar-refractivity contribution in [2.75, 3.05) is 6.61 Å². The van der Waals surface area contributed by atoms with Crippen LogP contribution in [0.15, 0.2) is 67.0 Å². The lowest BCUT2D eigenvalue weighted by Gasteiger charge is -2.17. The standard InChI is InChI=1S/C23H28N2O.ClH/c1-18(6-5-9-23(17-26)20-7-3-2-4-8-20)25-15-19-10-11-22-16-24-13-12-21(22)14-19;/h2-4,7-8,10-14,16,18,23,25-26H,5-6,9,15,17H2,1H3;1H/t18-,23?;/m1./s1. The van der Waals surface area contributed by atoms with Crippen LogP contribution in [0.4, 0.5) is 0 Å². The van der Waals surface area contributed by atoms with E-state index in [4.69, 9.17) is 0 Å². The molecule has 3 rings (SSSR count). The number of nitrogens with zero attached hydrogens (tertiary/aromatic N) is 1. The highest BCUT2D eigenvalue weighted by molar-refractivity contribution is 5.85. The molecule has 3 nitrogen and oxygen atoms in total. The Bertz CT molecular complexity index is 810. The molecule has 0 aliphatic rings. The van der Waals surface area contributed by atoms with Crippen molar-refractivity contribution in [2.45, 2.75) is 44.7 Å². The second-order valence-corrected chi connectivity index (χ2v) is 7.06. The first-order chi connectivity index (χ1) is 12.8. The normalized spacial score (nSPS) is 13.1. The average molecular weight is 385 g/mol. The van der Waals surface area contributed by atoms with Gasteiger partial charge >= 0.3 is 0 Å². The zero-order valence-electron chi connectivity index (χ0n) is 15.8. The Morgan fingerprint density at radius 3 is 2.59 bits per heavy atom. The van der Waals surface area contributed by atoms with Gasteiger partial charge in [0.15, 0.2) is 0 Å². The van der Waals surface area contributed by atoms with E-state index in [2.05, 4.69) is 53.6 Å². The molecule has 3 aromatic rings. The quantitative estimate of drug-likeness (QED) is 0.540. The van der Waals surface area contributed by atoms with Gasteiger partial charge in [-0.2, -0.15) is 0 Å². The Morgan fingerprint density at radius 2 is 1.81 bits per heavy atom. The van der Waals surface area contributed by atoms with Crippen molar-refractivity contribution >= 4 is 23.2 Å². The van der Waals surface area contributed by atoms with Gasteiger partial charge in [0.05, 0.1) is 0 Å². The third kappa shape index (κ3) is 6.31. The SMILES string of the molecule is C[C@H](CCCC(CO)c1ccccc1)NCc1ccc2cnccc2c1.Cl. The fourth-order valence-corrected chi connectivity index (χ4v) is 3.40. The molecule has 0 spiro atoms. The summed E-state index contributed by atoms with van der Waals surface area (Å²) >= 11 is 0. The second-order valence-electron chi connectivity index (χ2n) is 7.06. The minimum atomic E-state index is 0. The Hall–Kier alpha value is -1.94. The van der Waals surface area contributed by atoms with Crippen LogP contribution < -0.4 is 5.32 Å². The summed E-state index contributed by atoms with van der Waals surface area (Å²) in [5, 5.41) is 15.7. The van der Waals surface area contributed by atoms with Crippen LogP contribution in [-0.4, -0.2) is 22.7 Å². The molecule has 0 saturated heterocycles. The molecule has 4 heteroatoms. The van der Waals surface area contributed by atoms with E-state index >= 15 is 0 Å². The lowest BCUT2D eigenvalue weighted by Crippen LogP contribution is -2.25. The first-order valence-corrected chi connectivity index (χ1v) is 9.48. The van der Waals surface area contributed by atoms with Gasteiger partial charge in [0.25, 0.3) is 0 Å². The maximum absolute atomic E-state index is 9.66. The molecule has 27 heavy (non-hydrogen) atoms. The fraction of sp³-hybridized carbons (Fsp3) is 0.348. The van der Waals surface area contributed by atoms with Crippen LogP contribution in [0.1, 0.15) is 43.2 Å². The van der Waals surface area contributed by atoms with Gasteiger partial charge in [-0.3, -0.25) is 4.98 Å². The molecule has 0 aliphatic carbocycles. The largest absolute Gasteiger partial charge is 0.396 e. The van der Waals surface area contributed by atoms with Gasteiger partial charge in [0, 0.05) is 42.9 Å². The first-order valence-electron chi connectivity index (χ1n) is 9.48. The number of aliphatic hydroxyl groups excluding tert-OH is 1. The van der Waals surface area contributed by atoms with Crippen molar-refractivity contribution in [3.05, 3.63) is 78.1 Å². The predicted molar refractivity (Wildman–Crippen MR) is 115 cm³/mol. The zero-order chi connectivity index (χ0) is 18.2. The molecule has 2 N–H and O–H groups in total. The summed E-state index contributed by atoms with van der Waals surface area (Å²) in [7, 11) is 0. The maximum atomic E-state index is 9.66. The zero-order valence-corrected chi connectivity index (χ0v) is 16.7. The van der Waals surface area contributed by atoms with E-state index in [9.17, 15) is 5.11 Å². The van der Waals surface area contributed by atoms with Crippen molar-refractivity contribution in [3.63, 3.8) is 0 Å². The number of rotatable bonds is 9. The van der Waals surface area contributed by atoms with Crippen molar-refractivity contribution in [1.29, 1.82) is 0 Å². The molecule has 144 valence electrons. The predicted octanol–water partition coefficient (Wildman–Crippen LogP) is 5.08. The number of halogens is 1. The Kier molecular flexibility index (Phi) is 8.73. The summed E-state index contributed by atoms with van der Waals surface area (Å²) in [6.07, 6.45) is 6.99. The van der Waals surface area contributed by atoms with Crippen LogP contribution >= 0.6 is 12.4 Å². The molecule has 2 aromatic carbocycles. The van der Waals surface area contributed by atoms with E-state index in [0.717, 1.165) is 25.8 Å². The van der Waals surface area contributed by atoms with Gasteiger partial charge in [0.1, 0.15) is 0 Å². The smallest absolute Gasteiger partial charge is 0.0499 e. The number of aromatic nitrogens is 1. The molecule has 0 fully saturated rings. The van der Waals surface area contributed by atoms with Gasteiger partial charge in [-0.05, 0) is 48.4 Å². The molecule has 0 radical (unpaired) electrons. The molecule has 2 atom stereocenters. The van der Waals surface area contributed by atoms with Crippen LogP contribution in [0.5, 0.6) is 0 Å². The van der Waals surface area contributed by atoms with Gasteiger partial charge in [0.2, 0.25) is 0 Å². The number of aliphatic hydroxyl groups is 1. The molecule has 1 heterocycles. The van der Waals surface area contributed by atoms with Crippen molar-refractivity contribution in [3.8, 4) is 0 Å². The average Bonchev–Trinajstić information content (AvgIpc) is 2.70. The van der Waals surface area contributed by atoms with Crippen LogP contribution in [0.3, 0.4) is 0 Å². The van der Waals surface area contributed by atoms with E-state index in [0.29, 0.717) is 6.04 Å². The summed E-state index contributed by atoms with van der Waals surface area (Å²) in [5.74, 6) is 0.248. The van der Waals surface area contributed by atoms with E-state index in [-0.39, 0.29) is 24.9 Å². The molecular formula is C23H29ClN2O. The summed E-state index contributed by atoms with van der Waals surface area (Å²) in [5.41, 5.74) is 2.54. The molecule has 0 bridgehead atoms. The Balaban J connectivity index is 0.00000261. The van der Waals surface area contributed by atoms with E-state index < -0.39 is 0 Å². The second kappa shape index (κ2) is 11.0. The molecular weight excluding hydrogens is 356 g/mol. The lowest BCUT2D eigenvalue weighted by molar-refractivity contribution is 0.255. The Morgan fingerprint density at radius 1 is 1.00 bits per heavy atom. The first kappa shape index (κ1) is 21.4. The highest BCUT2D eigenvalue weighted by Gasteiger charge is 2.11. The van der Waals surface area contributed by atoms with Crippen molar-refractivity contribution in [2.24, 2.45) is 0 Å². The number of fused-ring (bicyclic) bond motifs is 1. The van der Waals surface area contributed by atoms with Gasteiger partial charge < -0.3 is 10.4 Å². The minimum absolute atomic E-state index is 0. The van der Waals surface area contributed by atoms with E-state index in [1.165, 1.54) is 21.9 Å². The summed E-state index contributed by atoms with van der Waals surface area (Å²) in [6.45, 7) is 3.33. The number of pyridine rings is 1. The number of benzene rings is 2. The summed E-state index contributed by atoms with van der Waals surface area (Å²) in [6, 6.07) is 19.4. The molecule has 0 amide bonds. The molecule has 1 aromatic heterocycles. The summed E-state index contributed by atoms with van der Waals surface area (Å²) in [4.78, 5) is 4.16. The van der Waals surface area contributed by atoms with E-state index in [1.807, 2.05) is 30.6 Å². The van der Waals surface area contributed by atoms with Crippen molar-refractivity contribution < 1.29 is 5.11 Å². The molecule has 0 aliphatic heterocycles. The van der Waals surface area contributed by atoms with Crippen LogP contribution in [0, 0.1) is 0 Å². The van der Waals surface area contributed by atoms with Gasteiger partial charge in [-0.1, -0.05) is 48.9 Å². The molecule has 1 unspecified atom stereocenters. The monoisotopic (exact) mass is 384 g/mol. The summed E-state index contributed by atoms with van der Waals surface area (Å²) < 4.78 is 0. The third-order valence-electron chi connectivity index (χ3n) is 5.04. The van der Waals surface area contributed by atoms with Crippen LogP contribution in [0.2, 0.25) is 0 Å². The highest BCUT2D eigenvalue weighted by atomic mass is 35.5. The van der Waals surface area contributed by atoms with E-state index in [1.54, 1.807) is 0 Å². The Labute approximate surface area is 168 Å². The third-order valence-corrected chi connectivity index (χ3v) is 5.04. The number of nitrogens with one attached hydrogen (secondary N) is 1. The molecule has 0 saturated carbocycles. The van der Waals surface area contributed by atoms with Crippen LogP contribution in [-0.2, 0) is 6.54 Å². The van der Waals surface area contributed by atoms with Crippen LogP contribution in [0.25, 0.3) is 10.8 Å². The lowest BCUT2D eigenvalue weighted by atomic mass is 9.93. The maximum Gasteiger partial charge on any atom is 0.0499 e. The fourth-order valence-electron chi connectivity index (χ4n) is 3.40. The minimum Gasteiger partial charge on any atom is -0.396 e. The highest BCUT2D eigenvalue weighted by Crippen LogP contribution is 2.22. The van der Waals surface area contributed by atoms with Crippen molar-refractivity contribution in [1.82, 2.24) is 10.3 Å². The number of hydrogen-bond donors (Lipinski definition) is 2.